The van der Waals surface area contributed by atoms with Crippen LogP contribution in [0.25, 0.3) is 0 Å². The van der Waals surface area contributed by atoms with E-state index >= 15 is 0 Å². The van der Waals surface area contributed by atoms with Gasteiger partial charge >= 0.3 is 18.3 Å². The summed E-state index contributed by atoms with van der Waals surface area (Å²) in [4.78, 5) is 16.0. The quantitative estimate of drug-likeness (QED) is 0.443. The molecule has 1 aliphatic rings. The van der Waals surface area contributed by atoms with Gasteiger partial charge in [-0.05, 0) is 29.2 Å². The maximum atomic E-state index is 14.3. The zero-order valence-corrected chi connectivity index (χ0v) is 18.0. The van der Waals surface area contributed by atoms with E-state index in [0.717, 1.165) is 18.5 Å². The molecule has 0 radical (unpaired) electrons. The van der Waals surface area contributed by atoms with Gasteiger partial charge in [-0.25, -0.2) is 0 Å². The Bertz CT molecular complexity index is 1070. The third-order valence-corrected chi connectivity index (χ3v) is 6.36. The predicted octanol–water partition coefficient (Wildman–Crippen LogP) is 6.93. The highest BCUT2D eigenvalue weighted by Gasteiger charge is 2.82. The van der Waals surface area contributed by atoms with Gasteiger partial charge < -0.3 is 9.84 Å². The van der Waals surface area contributed by atoms with E-state index < -0.39 is 51.6 Å². The first kappa shape index (κ1) is 24.9. The summed E-state index contributed by atoms with van der Waals surface area (Å²) < 4.78 is 87.4. The molecule has 1 aromatic carbocycles. The number of ether oxygens (including phenoxy) is 1. The molecule has 3 rings (SSSR count). The maximum absolute atomic E-state index is 14.3. The third kappa shape index (κ3) is 4.40. The fourth-order valence-corrected chi connectivity index (χ4v) is 4.61. The number of pyridine rings is 1. The minimum atomic E-state index is -5.13. The molecule has 11 heteroatoms. The standard InChI is InChI=1S/C22H18ClF6NO3/c1-19(2)15(9-16(23)21(24,25)26)20(19,18(31)32)17(22(27,28)29)12-8-14(11-30-10-12)33-13-6-4-3-5-7-13/h3-11,15,17H,1-2H3,(H,31,32). The number of allylic oxidation sites excluding steroid dienone is 2. The lowest BCUT2D eigenvalue weighted by atomic mass is 9.77. The first-order valence-electron chi connectivity index (χ1n) is 9.56. The first-order chi connectivity index (χ1) is 15.1. The molecule has 0 saturated heterocycles. The van der Waals surface area contributed by atoms with Crippen molar-refractivity contribution < 1.29 is 41.0 Å². The highest BCUT2D eigenvalue weighted by Crippen LogP contribution is 2.77. The summed E-state index contributed by atoms with van der Waals surface area (Å²) in [6.45, 7) is 2.33. The summed E-state index contributed by atoms with van der Waals surface area (Å²) in [6, 6.07) is 9.07. The number of benzene rings is 1. The van der Waals surface area contributed by atoms with E-state index in [9.17, 15) is 36.2 Å². The fraction of sp³-hybridized carbons (Fsp3) is 0.364. The molecular formula is C22H18ClF6NO3. The van der Waals surface area contributed by atoms with E-state index in [1.165, 1.54) is 13.8 Å². The summed E-state index contributed by atoms with van der Waals surface area (Å²) in [6.07, 6.45) is -7.82. The SMILES string of the molecule is CC1(C)C(C=C(Cl)C(F)(F)F)C1(C(=O)O)C(c1cncc(Oc2ccccc2)c1)C(F)(F)F. The minimum absolute atomic E-state index is 0.0904. The highest BCUT2D eigenvalue weighted by molar-refractivity contribution is 6.30. The van der Waals surface area contributed by atoms with Gasteiger partial charge in [-0.15, -0.1) is 0 Å². The van der Waals surface area contributed by atoms with Crippen molar-refractivity contribution in [3.63, 3.8) is 0 Å². The zero-order valence-electron chi connectivity index (χ0n) is 17.2. The number of aliphatic carboxylic acids is 1. The van der Waals surface area contributed by atoms with Gasteiger partial charge in [-0.1, -0.05) is 49.7 Å². The number of carbonyl (C=O) groups is 1. The number of halogens is 7. The van der Waals surface area contributed by atoms with Gasteiger partial charge in [-0.2, -0.15) is 26.3 Å². The topological polar surface area (TPSA) is 59.4 Å². The molecular weight excluding hydrogens is 476 g/mol. The average molecular weight is 494 g/mol. The van der Waals surface area contributed by atoms with Crippen LogP contribution < -0.4 is 4.74 Å². The number of alkyl halides is 6. The van der Waals surface area contributed by atoms with E-state index in [1.54, 1.807) is 30.3 Å². The third-order valence-electron chi connectivity index (χ3n) is 6.02. The van der Waals surface area contributed by atoms with Crippen molar-refractivity contribution in [2.45, 2.75) is 32.1 Å². The number of aromatic nitrogens is 1. The molecule has 3 unspecified atom stereocenters. The summed E-state index contributed by atoms with van der Waals surface area (Å²) in [5.41, 5.74) is -4.91. The lowest BCUT2D eigenvalue weighted by molar-refractivity contribution is -0.184. The number of hydrogen-bond donors (Lipinski definition) is 1. The van der Waals surface area contributed by atoms with E-state index in [2.05, 4.69) is 4.98 Å². The van der Waals surface area contributed by atoms with Crippen LogP contribution in [0.3, 0.4) is 0 Å². The molecule has 1 heterocycles. The van der Waals surface area contributed by atoms with Crippen LogP contribution in [0.15, 0.2) is 59.9 Å². The van der Waals surface area contributed by atoms with Gasteiger partial charge in [0.2, 0.25) is 0 Å². The lowest BCUT2D eigenvalue weighted by Crippen LogP contribution is -2.38. The van der Waals surface area contributed by atoms with Gasteiger partial charge in [0.05, 0.1) is 17.5 Å². The molecule has 1 aliphatic carbocycles. The number of carboxylic acid groups (broad SMARTS) is 1. The van der Waals surface area contributed by atoms with Crippen LogP contribution in [-0.4, -0.2) is 28.4 Å². The molecule has 1 saturated carbocycles. The van der Waals surface area contributed by atoms with E-state index in [-0.39, 0.29) is 5.75 Å². The van der Waals surface area contributed by atoms with Gasteiger partial charge in [0.1, 0.15) is 16.5 Å². The van der Waals surface area contributed by atoms with E-state index in [4.69, 9.17) is 16.3 Å². The number of nitrogens with zero attached hydrogens (tertiary/aromatic N) is 1. The van der Waals surface area contributed by atoms with Gasteiger partial charge in [0.15, 0.2) is 0 Å². The van der Waals surface area contributed by atoms with E-state index in [1.807, 2.05) is 0 Å². The summed E-state index contributed by atoms with van der Waals surface area (Å²) in [5.74, 6) is -6.01. The van der Waals surface area contributed by atoms with Gasteiger partial charge in [0, 0.05) is 12.1 Å². The van der Waals surface area contributed by atoms with Crippen LogP contribution in [0.2, 0.25) is 0 Å². The molecule has 0 spiro atoms. The number of carboxylic acids is 1. The highest BCUT2D eigenvalue weighted by atomic mass is 35.5. The van der Waals surface area contributed by atoms with Crippen molar-refractivity contribution in [1.82, 2.24) is 4.98 Å². The summed E-state index contributed by atoms with van der Waals surface area (Å²) in [5, 5.41) is 8.24. The Morgan fingerprint density at radius 2 is 1.73 bits per heavy atom. The van der Waals surface area contributed by atoms with Crippen LogP contribution in [0.1, 0.15) is 25.3 Å². The molecule has 0 aliphatic heterocycles. The molecule has 0 amide bonds. The van der Waals surface area contributed by atoms with Crippen LogP contribution in [0.5, 0.6) is 11.5 Å². The average Bonchev–Trinajstić information content (AvgIpc) is 3.16. The monoisotopic (exact) mass is 493 g/mol. The van der Waals surface area contributed by atoms with Crippen LogP contribution in [-0.2, 0) is 4.79 Å². The van der Waals surface area contributed by atoms with E-state index in [0.29, 0.717) is 11.8 Å². The zero-order chi connectivity index (χ0) is 24.8. The second-order valence-electron chi connectivity index (χ2n) is 8.23. The molecule has 178 valence electrons. The Balaban J connectivity index is 2.12. The second kappa shape index (κ2) is 8.23. The minimum Gasteiger partial charge on any atom is -0.481 e. The van der Waals surface area contributed by atoms with Gasteiger partial charge in [-0.3, -0.25) is 9.78 Å². The molecule has 0 bridgehead atoms. The predicted molar refractivity (Wildman–Crippen MR) is 107 cm³/mol. The Labute approximate surface area is 189 Å². The number of rotatable bonds is 6. The van der Waals surface area contributed by atoms with Gasteiger partial charge in [0.25, 0.3) is 0 Å². The fourth-order valence-electron chi connectivity index (χ4n) is 4.49. The van der Waals surface area contributed by atoms with Crippen molar-refractivity contribution in [2.24, 2.45) is 16.7 Å². The van der Waals surface area contributed by atoms with Crippen LogP contribution in [0.4, 0.5) is 26.3 Å². The van der Waals surface area contributed by atoms with Crippen molar-refractivity contribution in [3.8, 4) is 11.5 Å². The number of para-hydroxylation sites is 1. The molecule has 1 fully saturated rings. The molecule has 2 aromatic rings. The lowest BCUT2D eigenvalue weighted by Gasteiger charge is -2.29. The first-order valence-corrected chi connectivity index (χ1v) is 9.93. The van der Waals surface area contributed by atoms with Crippen LogP contribution in [0, 0.1) is 16.7 Å². The van der Waals surface area contributed by atoms with Crippen molar-refractivity contribution >= 4 is 17.6 Å². The smallest absolute Gasteiger partial charge is 0.426 e. The molecule has 33 heavy (non-hydrogen) atoms. The Kier molecular flexibility index (Phi) is 6.21. The van der Waals surface area contributed by atoms with Crippen molar-refractivity contribution in [1.29, 1.82) is 0 Å². The molecule has 3 atom stereocenters. The van der Waals surface area contributed by atoms with Crippen molar-refractivity contribution in [2.75, 3.05) is 0 Å². The molecule has 1 N–H and O–H groups in total. The Morgan fingerprint density at radius 3 is 2.24 bits per heavy atom. The van der Waals surface area contributed by atoms with Crippen LogP contribution >= 0.6 is 11.6 Å². The maximum Gasteiger partial charge on any atom is 0.426 e. The second-order valence-corrected chi connectivity index (χ2v) is 8.64. The largest absolute Gasteiger partial charge is 0.481 e. The van der Waals surface area contributed by atoms with Crippen molar-refractivity contribution in [3.05, 3.63) is 65.5 Å². The Morgan fingerprint density at radius 1 is 1.12 bits per heavy atom. The number of hydrogen-bond acceptors (Lipinski definition) is 3. The Hall–Kier alpha value is -2.75. The summed E-state index contributed by atoms with van der Waals surface area (Å²) in [7, 11) is 0. The normalized spacial score (nSPS) is 23.7. The molecule has 4 nitrogen and oxygen atoms in total. The summed E-state index contributed by atoms with van der Waals surface area (Å²) >= 11 is 5.26. The molecule has 1 aromatic heterocycles.